The Kier molecular flexibility index (Phi) is 4.23. The third-order valence-electron chi connectivity index (χ3n) is 4.51. The first-order valence-corrected chi connectivity index (χ1v) is 8.88. The second-order valence-electron chi connectivity index (χ2n) is 7.08. The third kappa shape index (κ3) is 3.28. The molecule has 1 aliphatic carbocycles. The van der Waals surface area contributed by atoms with Crippen LogP contribution in [0.1, 0.15) is 37.6 Å². The van der Waals surface area contributed by atoms with Crippen molar-refractivity contribution in [1.29, 1.82) is 0 Å². The summed E-state index contributed by atoms with van der Waals surface area (Å²) in [5.74, 6) is 0.251. The number of aryl methyl sites for hydroxylation is 1. The molecule has 2 aromatic rings. The summed E-state index contributed by atoms with van der Waals surface area (Å²) >= 11 is 7.66. The molecule has 0 radical (unpaired) electrons. The van der Waals surface area contributed by atoms with Crippen LogP contribution in [0.4, 0.5) is 5.82 Å². The molecule has 2 aromatic heterocycles. The standard InChI is InChI=1S/C16H20ClN3O2S/c1-16(2,3)8-4-5-9-10(6-8)23-14-12(9)13(18-7-11(21)22)19-15(17)20-14/h8H,4-7H2,1-3H3,(H,21,22)(H,18,19,20). The van der Waals surface area contributed by atoms with Crippen LogP contribution < -0.4 is 5.32 Å². The molecule has 1 unspecified atom stereocenters. The van der Waals surface area contributed by atoms with E-state index >= 15 is 0 Å². The van der Waals surface area contributed by atoms with Gasteiger partial charge in [0.15, 0.2) is 0 Å². The van der Waals surface area contributed by atoms with E-state index in [1.54, 1.807) is 11.3 Å². The number of nitrogens with zero attached hydrogens (tertiary/aromatic N) is 2. The van der Waals surface area contributed by atoms with E-state index in [0.29, 0.717) is 11.7 Å². The Labute approximate surface area is 144 Å². The minimum Gasteiger partial charge on any atom is -0.480 e. The highest BCUT2D eigenvalue weighted by Crippen LogP contribution is 2.44. The Balaban J connectivity index is 2.04. The predicted molar refractivity (Wildman–Crippen MR) is 93.5 cm³/mol. The first-order valence-electron chi connectivity index (χ1n) is 7.69. The summed E-state index contributed by atoms with van der Waals surface area (Å²) in [6.07, 6.45) is 3.14. The molecular formula is C16H20ClN3O2S. The number of hydrogen-bond acceptors (Lipinski definition) is 5. The number of nitrogens with one attached hydrogen (secondary N) is 1. The van der Waals surface area contributed by atoms with Gasteiger partial charge in [0, 0.05) is 4.88 Å². The second kappa shape index (κ2) is 5.91. The molecule has 0 amide bonds. The van der Waals surface area contributed by atoms with Crippen LogP contribution in [-0.2, 0) is 17.6 Å². The predicted octanol–water partition coefficient (Wildman–Crippen LogP) is 3.99. The number of aromatic nitrogens is 2. The number of hydrogen-bond donors (Lipinski definition) is 2. The molecule has 7 heteroatoms. The molecule has 0 saturated carbocycles. The first-order chi connectivity index (χ1) is 10.8. The number of aliphatic carboxylic acids is 1. The molecular weight excluding hydrogens is 334 g/mol. The zero-order valence-electron chi connectivity index (χ0n) is 13.4. The van der Waals surface area contributed by atoms with Gasteiger partial charge >= 0.3 is 5.97 Å². The first kappa shape index (κ1) is 16.5. The van der Waals surface area contributed by atoms with E-state index in [-0.39, 0.29) is 17.2 Å². The van der Waals surface area contributed by atoms with Gasteiger partial charge in [-0.25, -0.2) is 9.97 Å². The van der Waals surface area contributed by atoms with Crippen LogP contribution in [0.3, 0.4) is 0 Å². The lowest BCUT2D eigenvalue weighted by molar-refractivity contribution is -0.134. The van der Waals surface area contributed by atoms with Gasteiger partial charge in [0.1, 0.15) is 17.2 Å². The van der Waals surface area contributed by atoms with Gasteiger partial charge in [0.05, 0.1) is 5.39 Å². The highest BCUT2D eigenvalue weighted by Gasteiger charge is 2.31. The molecule has 3 rings (SSSR count). The Hall–Kier alpha value is -1.40. The van der Waals surface area contributed by atoms with Crippen molar-refractivity contribution in [2.24, 2.45) is 11.3 Å². The fourth-order valence-corrected chi connectivity index (χ4v) is 4.70. The molecule has 0 spiro atoms. The molecule has 1 aliphatic rings. The van der Waals surface area contributed by atoms with Gasteiger partial charge in [-0.1, -0.05) is 20.8 Å². The monoisotopic (exact) mass is 353 g/mol. The lowest BCUT2D eigenvalue weighted by Gasteiger charge is -2.33. The Morgan fingerprint density at radius 2 is 2.17 bits per heavy atom. The van der Waals surface area contributed by atoms with Gasteiger partial charge < -0.3 is 10.4 Å². The maximum atomic E-state index is 10.8. The number of rotatable bonds is 3. The maximum absolute atomic E-state index is 10.8. The van der Waals surface area contributed by atoms with Gasteiger partial charge in [0.2, 0.25) is 5.28 Å². The molecule has 2 heterocycles. The highest BCUT2D eigenvalue weighted by molar-refractivity contribution is 7.19. The molecule has 0 aromatic carbocycles. The van der Waals surface area contributed by atoms with Gasteiger partial charge in [-0.3, -0.25) is 4.79 Å². The van der Waals surface area contributed by atoms with Gasteiger partial charge in [-0.2, -0.15) is 0 Å². The van der Waals surface area contributed by atoms with Gasteiger partial charge in [0.25, 0.3) is 0 Å². The Bertz CT molecular complexity index is 767. The van der Waals surface area contributed by atoms with Crippen molar-refractivity contribution in [3.05, 3.63) is 15.7 Å². The summed E-state index contributed by atoms with van der Waals surface area (Å²) in [4.78, 5) is 21.6. The lowest BCUT2D eigenvalue weighted by atomic mass is 9.72. The summed E-state index contributed by atoms with van der Waals surface area (Å²) in [6, 6.07) is 0. The quantitative estimate of drug-likeness (QED) is 0.816. The van der Waals surface area contributed by atoms with E-state index in [1.165, 1.54) is 10.4 Å². The number of anilines is 1. The van der Waals surface area contributed by atoms with Gasteiger partial charge in [-0.05, 0) is 47.8 Å². The number of carboxylic acid groups (broad SMARTS) is 1. The highest BCUT2D eigenvalue weighted by atomic mass is 35.5. The van der Waals surface area contributed by atoms with Crippen molar-refractivity contribution in [3.63, 3.8) is 0 Å². The Morgan fingerprint density at radius 1 is 1.43 bits per heavy atom. The Morgan fingerprint density at radius 3 is 2.83 bits per heavy atom. The smallest absolute Gasteiger partial charge is 0.322 e. The zero-order chi connectivity index (χ0) is 16.8. The van der Waals surface area contributed by atoms with Gasteiger partial charge in [-0.15, -0.1) is 11.3 Å². The number of carbonyl (C=O) groups is 1. The average Bonchev–Trinajstić information content (AvgIpc) is 2.80. The molecule has 23 heavy (non-hydrogen) atoms. The van der Waals surface area contributed by atoms with E-state index in [2.05, 4.69) is 36.1 Å². The fourth-order valence-electron chi connectivity index (χ4n) is 3.18. The van der Waals surface area contributed by atoms with E-state index in [0.717, 1.165) is 29.5 Å². The summed E-state index contributed by atoms with van der Waals surface area (Å²) < 4.78 is 0. The lowest BCUT2D eigenvalue weighted by Crippen LogP contribution is -2.26. The normalized spacial score (nSPS) is 18.0. The van der Waals surface area contributed by atoms with E-state index < -0.39 is 5.97 Å². The van der Waals surface area contributed by atoms with Crippen molar-refractivity contribution in [3.8, 4) is 0 Å². The van der Waals surface area contributed by atoms with E-state index in [4.69, 9.17) is 16.7 Å². The van der Waals surface area contributed by atoms with Crippen LogP contribution in [0.2, 0.25) is 5.28 Å². The van der Waals surface area contributed by atoms with Crippen molar-refractivity contribution in [2.75, 3.05) is 11.9 Å². The van der Waals surface area contributed by atoms with Crippen LogP contribution in [-0.4, -0.2) is 27.6 Å². The average molecular weight is 354 g/mol. The number of carboxylic acids is 1. The summed E-state index contributed by atoms with van der Waals surface area (Å²) in [5.41, 5.74) is 1.54. The van der Waals surface area contributed by atoms with Crippen molar-refractivity contribution < 1.29 is 9.90 Å². The van der Waals surface area contributed by atoms with Crippen LogP contribution in [0.15, 0.2) is 0 Å². The number of halogens is 1. The number of thiophene rings is 1. The minimum absolute atomic E-state index is 0.149. The van der Waals surface area contributed by atoms with E-state index in [1.807, 2.05) is 0 Å². The molecule has 0 saturated heterocycles. The molecule has 2 N–H and O–H groups in total. The molecule has 0 fully saturated rings. The molecule has 1 atom stereocenters. The second-order valence-corrected chi connectivity index (χ2v) is 8.50. The maximum Gasteiger partial charge on any atom is 0.322 e. The van der Waals surface area contributed by atoms with Crippen molar-refractivity contribution in [1.82, 2.24) is 9.97 Å². The zero-order valence-corrected chi connectivity index (χ0v) is 15.0. The van der Waals surface area contributed by atoms with Crippen LogP contribution >= 0.6 is 22.9 Å². The largest absolute Gasteiger partial charge is 0.480 e. The summed E-state index contributed by atoms with van der Waals surface area (Å²) in [5, 5.41) is 12.9. The fraction of sp³-hybridized carbons (Fsp3) is 0.562. The van der Waals surface area contributed by atoms with Crippen LogP contribution in [0.25, 0.3) is 10.2 Å². The SMILES string of the molecule is CC(C)(C)C1CCc2c(sc3nc(Cl)nc(NCC(=O)O)c23)C1. The molecule has 0 bridgehead atoms. The van der Waals surface area contributed by atoms with Crippen molar-refractivity contribution in [2.45, 2.75) is 40.0 Å². The van der Waals surface area contributed by atoms with Crippen LogP contribution in [0, 0.1) is 11.3 Å². The summed E-state index contributed by atoms with van der Waals surface area (Å²) in [7, 11) is 0. The molecule has 0 aliphatic heterocycles. The topological polar surface area (TPSA) is 75.1 Å². The third-order valence-corrected chi connectivity index (χ3v) is 5.83. The van der Waals surface area contributed by atoms with Crippen molar-refractivity contribution >= 4 is 44.9 Å². The molecule has 5 nitrogen and oxygen atoms in total. The van der Waals surface area contributed by atoms with E-state index in [9.17, 15) is 4.79 Å². The summed E-state index contributed by atoms with van der Waals surface area (Å²) in [6.45, 7) is 6.67. The minimum atomic E-state index is -0.926. The number of fused-ring (bicyclic) bond motifs is 3. The van der Waals surface area contributed by atoms with Crippen LogP contribution in [0.5, 0.6) is 0 Å². The molecule has 124 valence electrons.